The first-order valence-corrected chi connectivity index (χ1v) is 4.69. The van der Waals surface area contributed by atoms with Crippen molar-refractivity contribution < 1.29 is 9.59 Å². The Morgan fingerprint density at radius 1 is 1.42 bits per heavy atom. The minimum Gasteiger partial charge on any atom is -0.300 e. The molecule has 0 saturated heterocycles. The number of rotatable bonds is 2. The van der Waals surface area contributed by atoms with Gasteiger partial charge in [-0.25, -0.2) is 0 Å². The fourth-order valence-corrected chi connectivity index (χ4v) is 1.83. The zero-order valence-corrected chi connectivity index (χ0v) is 7.64. The minimum atomic E-state index is 0.259. The molecule has 1 unspecified atom stereocenters. The topological polar surface area (TPSA) is 34.1 Å². The van der Waals surface area contributed by atoms with Crippen molar-refractivity contribution in [2.45, 2.75) is 45.4 Å². The number of Topliss-reactive ketones (excluding diaryl/α,β-unsaturated/α-hetero) is 2. The van der Waals surface area contributed by atoms with Gasteiger partial charge in [-0.3, -0.25) is 4.79 Å². The van der Waals surface area contributed by atoms with E-state index in [1.807, 2.05) is 0 Å². The lowest BCUT2D eigenvalue weighted by Gasteiger charge is -2.09. The molecule has 1 aliphatic carbocycles. The Morgan fingerprint density at radius 2 is 2.17 bits per heavy atom. The largest absolute Gasteiger partial charge is 0.300 e. The van der Waals surface area contributed by atoms with Crippen molar-refractivity contribution >= 4 is 11.6 Å². The van der Waals surface area contributed by atoms with Gasteiger partial charge in [-0.05, 0) is 32.1 Å². The van der Waals surface area contributed by atoms with Crippen molar-refractivity contribution in [1.82, 2.24) is 0 Å². The Labute approximate surface area is 73.3 Å². The average Bonchev–Trinajstić information content (AvgIpc) is 2.15. The van der Waals surface area contributed by atoms with Gasteiger partial charge in [-0.15, -0.1) is 0 Å². The summed E-state index contributed by atoms with van der Waals surface area (Å²) in [5.74, 6) is 1.12. The molecule has 0 heterocycles. The predicted molar refractivity (Wildman–Crippen MR) is 46.9 cm³/mol. The summed E-state index contributed by atoms with van der Waals surface area (Å²) in [5.41, 5.74) is 0. The van der Waals surface area contributed by atoms with E-state index in [1.165, 1.54) is 0 Å². The first-order chi connectivity index (χ1) is 5.68. The van der Waals surface area contributed by atoms with Gasteiger partial charge in [-0.2, -0.15) is 0 Å². The van der Waals surface area contributed by atoms with Crippen molar-refractivity contribution in [3.05, 3.63) is 0 Å². The molecule has 12 heavy (non-hydrogen) atoms. The van der Waals surface area contributed by atoms with Crippen LogP contribution in [0.1, 0.15) is 45.4 Å². The van der Waals surface area contributed by atoms with Crippen molar-refractivity contribution in [1.29, 1.82) is 0 Å². The molecule has 0 aromatic heterocycles. The van der Waals surface area contributed by atoms with Crippen LogP contribution in [-0.4, -0.2) is 11.6 Å². The van der Waals surface area contributed by atoms with Crippen LogP contribution < -0.4 is 0 Å². The minimum absolute atomic E-state index is 0.259. The lowest BCUT2D eigenvalue weighted by Crippen LogP contribution is -2.04. The highest BCUT2D eigenvalue weighted by Gasteiger charge is 2.17. The van der Waals surface area contributed by atoms with Crippen LogP contribution in [0.2, 0.25) is 0 Å². The molecule has 1 aliphatic rings. The summed E-state index contributed by atoms with van der Waals surface area (Å²) in [5, 5.41) is 0. The van der Waals surface area contributed by atoms with Gasteiger partial charge in [0, 0.05) is 19.3 Å². The smallest absolute Gasteiger partial charge is 0.132 e. The highest BCUT2D eigenvalue weighted by atomic mass is 16.1. The fourth-order valence-electron chi connectivity index (χ4n) is 1.83. The molecule has 1 fully saturated rings. The Bertz CT molecular complexity index is 184. The Kier molecular flexibility index (Phi) is 3.45. The predicted octanol–water partition coefficient (Wildman–Crippen LogP) is 2.11. The molecule has 0 bridgehead atoms. The lowest BCUT2D eigenvalue weighted by molar-refractivity contribution is -0.120. The van der Waals surface area contributed by atoms with Crippen molar-refractivity contribution in [3.63, 3.8) is 0 Å². The standard InChI is InChI=1S/C10H16O2/c1-8(11)7-9-3-2-4-10(12)6-5-9/h9H,2-7H2,1H3. The Balaban J connectivity index is 2.35. The average molecular weight is 168 g/mol. The summed E-state index contributed by atoms with van der Waals surface area (Å²) in [6, 6.07) is 0. The second-order valence-corrected chi connectivity index (χ2v) is 3.74. The zero-order valence-electron chi connectivity index (χ0n) is 7.64. The maximum Gasteiger partial charge on any atom is 0.132 e. The van der Waals surface area contributed by atoms with Gasteiger partial charge in [0.05, 0.1) is 0 Å². The van der Waals surface area contributed by atoms with Gasteiger partial charge in [0.1, 0.15) is 11.6 Å². The second kappa shape index (κ2) is 4.39. The van der Waals surface area contributed by atoms with Crippen LogP contribution in [0, 0.1) is 5.92 Å². The monoisotopic (exact) mass is 168 g/mol. The van der Waals surface area contributed by atoms with E-state index in [9.17, 15) is 9.59 Å². The molecular formula is C10H16O2. The highest BCUT2D eigenvalue weighted by molar-refractivity contribution is 5.79. The van der Waals surface area contributed by atoms with Gasteiger partial charge in [-0.1, -0.05) is 0 Å². The van der Waals surface area contributed by atoms with Crippen LogP contribution in [0.5, 0.6) is 0 Å². The molecule has 0 radical (unpaired) electrons. The lowest BCUT2D eigenvalue weighted by atomic mass is 9.95. The maximum atomic E-state index is 11.0. The van der Waals surface area contributed by atoms with Gasteiger partial charge in [0.25, 0.3) is 0 Å². The molecule has 0 amide bonds. The summed E-state index contributed by atoms with van der Waals surface area (Å²) < 4.78 is 0. The van der Waals surface area contributed by atoms with Crippen molar-refractivity contribution in [3.8, 4) is 0 Å². The van der Waals surface area contributed by atoms with Crippen molar-refractivity contribution in [2.75, 3.05) is 0 Å². The van der Waals surface area contributed by atoms with Gasteiger partial charge >= 0.3 is 0 Å². The molecule has 1 saturated carbocycles. The summed E-state index contributed by atoms with van der Waals surface area (Å²) in [6.07, 6.45) is 5.07. The van der Waals surface area contributed by atoms with Crippen LogP contribution in [0.3, 0.4) is 0 Å². The Morgan fingerprint density at radius 3 is 2.83 bits per heavy atom. The SMILES string of the molecule is CC(=O)CC1CCCC(=O)CC1. The first-order valence-electron chi connectivity index (χ1n) is 4.69. The summed E-state index contributed by atoms with van der Waals surface area (Å²) >= 11 is 0. The molecular weight excluding hydrogens is 152 g/mol. The molecule has 68 valence electrons. The quantitative estimate of drug-likeness (QED) is 0.592. The molecule has 0 spiro atoms. The van der Waals surface area contributed by atoms with Crippen LogP contribution in [0.25, 0.3) is 0 Å². The molecule has 0 aromatic rings. The van der Waals surface area contributed by atoms with E-state index in [0.717, 1.165) is 25.7 Å². The van der Waals surface area contributed by atoms with E-state index in [-0.39, 0.29) is 5.78 Å². The van der Waals surface area contributed by atoms with Crippen LogP contribution in [-0.2, 0) is 9.59 Å². The summed E-state index contributed by atoms with van der Waals surface area (Å²) in [6.45, 7) is 1.63. The van der Waals surface area contributed by atoms with Crippen LogP contribution >= 0.6 is 0 Å². The number of hydrogen-bond donors (Lipinski definition) is 0. The third-order valence-corrected chi connectivity index (χ3v) is 2.48. The fraction of sp³-hybridized carbons (Fsp3) is 0.800. The third-order valence-electron chi connectivity index (χ3n) is 2.48. The van der Waals surface area contributed by atoms with Gasteiger partial charge in [0.2, 0.25) is 0 Å². The maximum absolute atomic E-state index is 11.0. The third kappa shape index (κ3) is 3.16. The number of carbonyl (C=O) groups excluding carboxylic acids is 2. The van der Waals surface area contributed by atoms with Crippen LogP contribution in [0.4, 0.5) is 0 Å². The Hall–Kier alpha value is -0.660. The molecule has 2 nitrogen and oxygen atoms in total. The summed E-state index contributed by atoms with van der Waals surface area (Å²) in [7, 11) is 0. The molecule has 1 rings (SSSR count). The molecule has 2 heteroatoms. The summed E-state index contributed by atoms with van der Waals surface area (Å²) in [4.78, 5) is 21.9. The number of carbonyl (C=O) groups is 2. The van der Waals surface area contributed by atoms with E-state index < -0.39 is 0 Å². The zero-order chi connectivity index (χ0) is 8.97. The van der Waals surface area contributed by atoms with E-state index >= 15 is 0 Å². The molecule has 0 N–H and O–H groups in total. The van der Waals surface area contributed by atoms with E-state index in [0.29, 0.717) is 24.5 Å². The van der Waals surface area contributed by atoms with Gasteiger partial charge < -0.3 is 4.79 Å². The van der Waals surface area contributed by atoms with Crippen LogP contribution in [0.15, 0.2) is 0 Å². The number of ketones is 2. The first kappa shape index (κ1) is 9.43. The van der Waals surface area contributed by atoms with Gasteiger partial charge in [0.15, 0.2) is 0 Å². The second-order valence-electron chi connectivity index (χ2n) is 3.74. The van der Waals surface area contributed by atoms with E-state index in [2.05, 4.69) is 0 Å². The number of hydrogen-bond acceptors (Lipinski definition) is 2. The van der Waals surface area contributed by atoms with E-state index in [1.54, 1.807) is 6.92 Å². The molecule has 0 aliphatic heterocycles. The normalized spacial score (nSPS) is 25.1. The van der Waals surface area contributed by atoms with E-state index in [4.69, 9.17) is 0 Å². The molecule has 0 aromatic carbocycles. The van der Waals surface area contributed by atoms with Crippen molar-refractivity contribution in [2.24, 2.45) is 5.92 Å². The molecule has 1 atom stereocenters. The highest BCUT2D eigenvalue weighted by Crippen LogP contribution is 2.23.